The Kier molecular flexibility index (Phi) is 5.08. The number of nitrogens with one attached hydrogen (secondary N) is 2. The number of amides is 1. The molecule has 2 aromatic carbocycles. The van der Waals surface area contributed by atoms with Gasteiger partial charge >= 0.3 is 6.18 Å². The maximum Gasteiger partial charge on any atom is 0.407 e. The van der Waals surface area contributed by atoms with Gasteiger partial charge in [-0.15, -0.1) is 0 Å². The van der Waals surface area contributed by atoms with Crippen molar-refractivity contribution < 1.29 is 18.0 Å². The van der Waals surface area contributed by atoms with Crippen LogP contribution in [0.2, 0.25) is 0 Å². The van der Waals surface area contributed by atoms with E-state index in [0.717, 1.165) is 19.3 Å². The minimum Gasteiger partial charge on any atom is -0.325 e. The van der Waals surface area contributed by atoms with E-state index in [1.807, 2.05) is 12.1 Å². The molecule has 0 aliphatic heterocycles. The summed E-state index contributed by atoms with van der Waals surface area (Å²) in [7, 11) is 0. The first kappa shape index (κ1) is 17.5. The van der Waals surface area contributed by atoms with Gasteiger partial charge in [0.25, 0.3) is 0 Å². The Hall–Kier alpha value is -2.34. The van der Waals surface area contributed by atoms with E-state index in [9.17, 15) is 18.0 Å². The van der Waals surface area contributed by atoms with Crippen LogP contribution in [-0.2, 0) is 17.6 Å². The van der Waals surface area contributed by atoms with Gasteiger partial charge in [-0.25, -0.2) is 0 Å². The maximum atomic E-state index is 13.2. The Morgan fingerprint density at radius 3 is 2.48 bits per heavy atom. The Morgan fingerprint density at radius 1 is 1.04 bits per heavy atom. The van der Waals surface area contributed by atoms with Crippen LogP contribution in [0.25, 0.3) is 0 Å². The van der Waals surface area contributed by atoms with E-state index < -0.39 is 24.7 Å². The Labute approximate surface area is 144 Å². The summed E-state index contributed by atoms with van der Waals surface area (Å²) in [6.45, 7) is -0.420. The fourth-order valence-corrected chi connectivity index (χ4v) is 3.12. The average molecular weight is 348 g/mol. The zero-order chi connectivity index (χ0) is 17.9. The Bertz CT molecular complexity index is 744. The van der Waals surface area contributed by atoms with Gasteiger partial charge in [0.15, 0.2) is 0 Å². The molecule has 0 saturated heterocycles. The minimum absolute atomic E-state index is 0.0836. The first-order valence-electron chi connectivity index (χ1n) is 8.20. The number of halogens is 3. The van der Waals surface area contributed by atoms with E-state index in [0.29, 0.717) is 5.69 Å². The Balaban J connectivity index is 1.62. The number of carbonyl (C=O) groups is 1. The molecule has 3 nitrogen and oxygen atoms in total. The van der Waals surface area contributed by atoms with Gasteiger partial charge in [0.05, 0.1) is 6.54 Å². The van der Waals surface area contributed by atoms with Gasteiger partial charge in [0.2, 0.25) is 5.91 Å². The number of alkyl halides is 3. The zero-order valence-electron chi connectivity index (χ0n) is 13.6. The topological polar surface area (TPSA) is 41.1 Å². The predicted octanol–water partition coefficient (Wildman–Crippen LogP) is 4.01. The monoisotopic (exact) mass is 348 g/mol. The lowest BCUT2D eigenvalue weighted by molar-refractivity contribution is -0.158. The molecule has 0 aromatic heterocycles. The highest BCUT2D eigenvalue weighted by atomic mass is 19.4. The molecule has 132 valence electrons. The van der Waals surface area contributed by atoms with Crippen LogP contribution in [-0.4, -0.2) is 18.6 Å². The second-order valence-corrected chi connectivity index (χ2v) is 6.15. The Morgan fingerprint density at radius 2 is 1.76 bits per heavy atom. The van der Waals surface area contributed by atoms with Crippen molar-refractivity contribution in [3.8, 4) is 0 Å². The molecular weight excluding hydrogens is 329 g/mol. The van der Waals surface area contributed by atoms with Crippen molar-refractivity contribution in [1.82, 2.24) is 5.32 Å². The third-order valence-electron chi connectivity index (χ3n) is 4.31. The lowest BCUT2D eigenvalue weighted by Gasteiger charge is -2.22. The van der Waals surface area contributed by atoms with Gasteiger partial charge in [-0.3, -0.25) is 10.1 Å². The lowest BCUT2D eigenvalue weighted by atomic mass is 10.1. The molecule has 3 rings (SSSR count). The summed E-state index contributed by atoms with van der Waals surface area (Å²) in [6.07, 6.45) is -1.37. The molecule has 0 spiro atoms. The van der Waals surface area contributed by atoms with Crippen LogP contribution >= 0.6 is 0 Å². The summed E-state index contributed by atoms with van der Waals surface area (Å²) in [5.74, 6) is -0.497. The van der Waals surface area contributed by atoms with E-state index in [-0.39, 0.29) is 5.56 Å². The summed E-state index contributed by atoms with van der Waals surface area (Å²) in [6, 6.07) is 11.3. The van der Waals surface area contributed by atoms with Crippen molar-refractivity contribution in [3.63, 3.8) is 0 Å². The largest absolute Gasteiger partial charge is 0.407 e. The minimum atomic E-state index is -4.48. The molecule has 0 fully saturated rings. The molecule has 2 N–H and O–H groups in total. The number of hydrogen-bond acceptors (Lipinski definition) is 2. The van der Waals surface area contributed by atoms with Crippen molar-refractivity contribution >= 4 is 11.6 Å². The fourth-order valence-electron chi connectivity index (χ4n) is 3.12. The van der Waals surface area contributed by atoms with E-state index in [2.05, 4.69) is 10.6 Å². The number of rotatable bonds is 5. The standard InChI is InChI=1S/C19H19F3N2O/c20-19(21,22)18(14-5-2-1-3-6-14)23-12-17(25)24-16-10-9-13-7-4-8-15(13)11-16/h1-3,5-6,9-11,18,23H,4,7-8,12H2,(H,24,25). The number of aryl methyl sites for hydroxylation is 2. The first-order valence-corrected chi connectivity index (χ1v) is 8.20. The average Bonchev–Trinajstić information content (AvgIpc) is 3.02. The molecule has 2 aromatic rings. The van der Waals surface area contributed by atoms with Crippen molar-refractivity contribution in [2.45, 2.75) is 31.5 Å². The second-order valence-electron chi connectivity index (χ2n) is 6.15. The van der Waals surface area contributed by atoms with Crippen molar-refractivity contribution in [2.24, 2.45) is 0 Å². The normalized spacial score (nSPS) is 14.8. The highest BCUT2D eigenvalue weighted by molar-refractivity contribution is 5.92. The molecule has 6 heteroatoms. The number of hydrogen-bond donors (Lipinski definition) is 2. The number of carbonyl (C=O) groups excluding carboxylic acids is 1. The van der Waals surface area contributed by atoms with Gasteiger partial charge in [0.1, 0.15) is 6.04 Å². The third kappa shape index (κ3) is 4.39. The van der Waals surface area contributed by atoms with Gasteiger partial charge < -0.3 is 5.32 Å². The SMILES string of the molecule is O=C(CNC(c1ccccc1)C(F)(F)F)Nc1ccc2c(c1)CCC2. The summed E-state index contributed by atoms with van der Waals surface area (Å²) < 4.78 is 39.7. The molecular formula is C19H19F3N2O. The van der Waals surface area contributed by atoms with Crippen LogP contribution < -0.4 is 10.6 Å². The van der Waals surface area contributed by atoms with Gasteiger partial charge in [-0.2, -0.15) is 13.2 Å². The summed E-state index contributed by atoms with van der Waals surface area (Å²) in [5.41, 5.74) is 3.18. The molecule has 0 bridgehead atoms. The molecule has 1 aliphatic carbocycles. The van der Waals surface area contributed by atoms with Crippen LogP contribution in [0.4, 0.5) is 18.9 Å². The lowest BCUT2D eigenvalue weighted by Crippen LogP contribution is -2.38. The maximum absolute atomic E-state index is 13.2. The van der Waals surface area contributed by atoms with E-state index in [4.69, 9.17) is 0 Å². The van der Waals surface area contributed by atoms with Gasteiger partial charge in [-0.1, -0.05) is 36.4 Å². The molecule has 1 amide bonds. The summed E-state index contributed by atoms with van der Waals surface area (Å²) in [5, 5.41) is 4.97. The quantitative estimate of drug-likeness (QED) is 0.857. The molecule has 1 aliphatic rings. The molecule has 25 heavy (non-hydrogen) atoms. The first-order chi connectivity index (χ1) is 11.9. The smallest absolute Gasteiger partial charge is 0.325 e. The second kappa shape index (κ2) is 7.27. The van der Waals surface area contributed by atoms with Gasteiger partial charge in [-0.05, 0) is 48.1 Å². The summed E-state index contributed by atoms with van der Waals surface area (Å²) >= 11 is 0. The van der Waals surface area contributed by atoms with E-state index >= 15 is 0 Å². The third-order valence-corrected chi connectivity index (χ3v) is 4.31. The van der Waals surface area contributed by atoms with Crippen LogP contribution in [0.3, 0.4) is 0 Å². The van der Waals surface area contributed by atoms with Crippen LogP contribution in [0.15, 0.2) is 48.5 Å². The van der Waals surface area contributed by atoms with Crippen LogP contribution in [0.5, 0.6) is 0 Å². The van der Waals surface area contributed by atoms with Crippen molar-refractivity contribution in [1.29, 1.82) is 0 Å². The van der Waals surface area contributed by atoms with Crippen molar-refractivity contribution in [2.75, 3.05) is 11.9 Å². The van der Waals surface area contributed by atoms with E-state index in [1.165, 1.54) is 23.3 Å². The van der Waals surface area contributed by atoms with E-state index in [1.54, 1.807) is 24.3 Å². The van der Waals surface area contributed by atoms with Crippen LogP contribution in [0, 0.1) is 0 Å². The number of benzene rings is 2. The number of anilines is 1. The highest BCUT2D eigenvalue weighted by Crippen LogP contribution is 2.32. The van der Waals surface area contributed by atoms with Crippen LogP contribution in [0.1, 0.15) is 29.2 Å². The predicted molar refractivity (Wildman–Crippen MR) is 90.3 cm³/mol. The number of fused-ring (bicyclic) bond motifs is 1. The molecule has 0 saturated carbocycles. The summed E-state index contributed by atoms with van der Waals surface area (Å²) in [4.78, 5) is 12.0. The molecule has 1 unspecified atom stereocenters. The highest BCUT2D eigenvalue weighted by Gasteiger charge is 2.40. The van der Waals surface area contributed by atoms with Crippen molar-refractivity contribution in [3.05, 3.63) is 65.2 Å². The molecule has 0 heterocycles. The van der Waals surface area contributed by atoms with Gasteiger partial charge in [0, 0.05) is 5.69 Å². The fraction of sp³-hybridized carbons (Fsp3) is 0.316. The zero-order valence-corrected chi connectivity index (χ0v) is 13.6. The molecule has 1 atom stereocenters. The molecule has 0 radical (unpaired) electrons.